The van der Waals surface area contributed by atoms with Gasteiger partial charge in [-0.1, -0.05) is 24.3 Å². The Kier molecular flexibility index (Phi) is 7.42. The molecule has 204 valence electrons. The number of hydrogen-bond acceptors (Lipinski definition) is 3. The van der Waals surface area contributed by atoms with Gasteiger partial charge >= 0.3 is 5.90 Å². The van der Waals surface area contributed by atoms with Crippen molar-refractivity contribution in [2.45, 2.75) is 62.9 Å². The Balaban J connectivity index is 1.03. The van der Waals surface area contributed by atoms with Crippen LogP contribution in [0.25, 0.3) is 17.0 Å². The number of aliphatic hydroxyl groups is 1. The molecule has 1 unspecified atom stereocenters. The summed E-state index contributed by atoms with van der Waals surface area (Å²) < 4.78 is 7.57. The molecule has 39 heavy (non-hydrogen) atoms. The molecule has 1 atom stereocenters. The van der Waals surface area contributed by atoms with Crippen LogP contribution in [0.3, 0.4) is 0 Å². The van der Waals surface area contributed by atoms with E-state index in [2.05, 4.69) is 46.8 Å². The molecule has 7 nitrogen and oxygen atoms in total. The number of H-pyrrole nitrogens is 1. The summed E-state index contributed by atoms with van der Waals surface area (Å²) in [6.45, 7) is 2.15. The van der Waals surface area contributed by atoms with Gasteiger partial charge in [0, 0.05) is 42.4 Å². The van der Waals surface area contributed by atoms with Crippen LogP contribution in [0, 0.1) is 5.92 Å². The van der Waals surface area contributed by atoms with Crippen molar-refractivity contribution in [2.75, 3.05) is 19.7 Å². The first-order chi connectivity index (χ1) is 19.0. The number of carbonyl (C=O) groups is 1. The number of nitrogens with zero attached hydrogens (tertiary/aromatic N) is 1. The monoisotopic (exact) mass is 527 g/mol. The van der Waals surface area contributed by atoms with Crippen molar-refractivity contribution in [1.29, 1.82) is 0 Å². The highest BCUT2D eigenvalue weighted by Crippen LogP contribution is 2.37. The van der Waals surface area contributed by atoms with Crippen LogP contribution in [0.2, 0.25) is 0 Å². The highest BCUT2D eigenvalue weighted by atomic mass is 16.5. The molecule has 1 amide bonds. The minimum atomic E-state index is -0.326. The third-order valence-electron chi connectivity index (χ3n) is 8.98. The molecule has 2 aromatic carbocycles. The lowest BCUT2D eigenvalue weighted by atomic mass is 9.80. The van der Waals surface area contributed by atoms with E-state index >= 15 is 0 Å². The number of primary amides is 1. The summed E-state index contributed by atoms with van der Waals surface area (Å²) in [5.41, 5.74) is 10.8. The average molecular weight is 528 g/mol. The second kappa shape index (κ2) is 11.3. The predicted molar refractivity (Wildman–Crippen MR) is 154 cm³/mol. The van der Waals surface area contributed by atoms with Gasteiger partial charge in [0.1, 0.15) is 18.8 Å². The van der Waals surface area contributed by atoms with E-state index < -0.39 is 0 Å². The fraction of sp³-hybridized carbons (Fsp3) is 0.438. The van der Waals surface area contributed by atoms with Crippen molar-refractivity contribution in [1.82, 2.24) is 10.3 Å². The predicted octanol–water partition coefficient (Wildman–Crippen LogP) is 4.66. The van der Waals surface area contributed by atoms with Gasteiger partial charge in [-0.25, -0.2) is 0 Å². The van der Waals surface area contributed by atoms with Crippen LogP contribution in [0.5, 0.6) is 5.75 Å². The van der Waals surface area contributed by atoms with Crippen LogP contribution in [0.1, 0.15) is 61.1 Å². The minimum absolute atomic E-state index is 0.179. The van der Waals surface area contributed by atoms with E-state index in [1.165, 1.54) is 22.0 Å². The number of piperidine rings is 1. The highest BCUT2D eigenvalue weighted by Gasteiger charge is 2.35. The van der Waals surface area contributed by atoms with Crippen LogP contribution in [-0.4, -0.2) is 58.3 Å². The standard InChI is InChI=1S/C32H38N4O3/c33-32(38)31(35-25-9-7-22(8-10-25)27-20-34-28-4-2-1-3-26(27)28)23-13-16-36(17-14-23)30(37)12-6-21-5-11-29-24(19-21)15-18-39-29/h1-6,11-12,19-20,22-23,25,31,34-35H,7-10,13-18H2,(H2,33,38)/p+1/b12-6+. The van der Waals surface area contributed by atoms with Crippen molar-refractivity contribution < 1.29 is 19.2 Å². The summed E-state index contributed by atoms with van der Waals surface area (Å²) in [5.74, 6) is 1.69. The number of aromatic nitrogens is 1. The molecular weight excluding hydrogens is 488 g/mol. The van der Waals surface area contributed by atoms with Crippen molar-refractivity contribution >= 4 is 28.8 Å². The maximum atomic E-state index is 12.5. The van der Waals surface area contributed by atoms with Crippen molar-refractivity contribution in [3.8, 4) is 5.75 Å². The van der Waals surface area contributed by atoms with Crippen molar-refractivity contribution in [2.24, 2.45) is 11.7 Å². The third kappa shape index (κ3) is 5.59. The molecule has 1 aliphatic carbocycles. The van der Waals surface area contributed by atoms with E-state index in [9.17, 15) is 9.90 Å². The summed E-state index contributed by atoms with van der Waals surface area (Å²) in [6.07, 6.45) is 12.8. The van der Waals surface area contributed by atoms with Gasteiger partial charge in [-0.3, -0.25) is 4.79 Å². The molecule has 0 radical (unpaired) electrons. The first-order valence-electron chi connectivity index (χ1n) is 14.4. The summed E-state index contributed by atoms with van der Waals surface area (Å²) in [4.78, 5) is 15.9. The molecule has 6 rings (SSSR count). The zero-order valence-corrected chi connectivity index (χ0v) is 22.4. The first-order valence-corrected chi connectivity index (χ1v) is 14.4. The highest BCUT2D eigenvalue weighted by molar-refractivity contribution is 5.86. The molecule has 0 bridgehead atoms. The molecule has 1 saturated carbocycles. The first kappa shape index (κ1) is 25.7. The van der Waals surface area contributed by atoms with Gasteiger partial charge in [-0.05, 0) is 78.5 Å². The summed E-state index contributed by atoms with van der Waals surface area (Å²) in [7, 11) is 0. The number of rotatable bonds is 7. The van der Waals surface area contributed by atoms with Crippen LogP contribution in [0.4, 0.5) is 0 Å². The number of aromatic amines is 1. The van der Waals surface area contributed by atoms with E-state index in [0.29, 0.717) is 25.0 Å². The Morgan fingerprint density at radius 2 is 1.90 bits per heavy atom. The third-order valence-corrected chi connectivity index (χ3v) is 8.98. The van der Waals surface area contributed by atoms with E-state index in [1.807, 2.05) is 22.8 Å². The molecule has 3 aromatic rings. The topological polar surface area (TPSA) is 103 Å². The van der Waals surface area contributed by atoms with Crippen molar-refractivity contribution in [3.63, 3.8) is 0 Å². The van der Waals surface area contributed by atoms with Gasteiger partial charge < -0.3 is 25.9 Å². The molecule has 1 aromatic heterocycles. The molecule has 1 saturated heterocycles. The maximum Gasteiger partial charge on any atom is 0.359 e. The smallest absolute Gasteiger partial charge is 0.359 e. The average Bonchev–Trinajstić information content (AvgIpc) is 3.62. The van der Waals surface area contributed by atoms with E-state index in [-0.39, 0.29) is 23.8 Å². The fourth-order valence-electron chi connectivity index (χ4n) is 6.76. The number of hydrogen-bond donors (Lipinski definition) is 4. The number of para-hydroxylation sites is 1. The number of nitrogens with two attached hydrogens (primary N) is 1. The minimum Gasteiger partial charge on any atom is -0.493 e. The molecule has 2 aliphatic heterocycles. The van der Waals surface area contributed by atoms with Gasteiger partial charge in [0.25, 0.3) is 0 Å². The summed E-state index contributed by atoms with van der Waals surface area (Å²) in [6, 6.07) is 14.6. The Labute approximate surface area is 229 Å². The Hall–Kier alpha value is -3.58. The van der Waals surface area contributed by atoms with Crippen LogP contribution < -0.4 is 15.8 Å². The number of amides is 1. The number of ether oxygens (including phenoxy) is 1. The summed E-state index contributed by atoms with van der Waals surface area (Å²) >= 11 is 0. The Morgan fingerprint density at radius 3 is 2.69 bits per heavy atom. The van der Waals surface area contributed by atoms with Gasteiger partial charge in [0.05, 0.1) is 18.7 Å². The summed E-state index contributed by atoms with van der Waals surface area (Å²) in [5, 5.41) is 15.7. The zero-order valence-electron chi connectivity index (χ0n) is 22.4. The molecule has 7 heteroatoms. The van der Waals surface area contributed by atoms with Crippen LogP contribution in [0.15, 0.2) is 54.7 Å². The van der Waals surface area contributed by atoms with Gasteiger partial charge in [-0.2, -0.15) is 4.58 Å². The SMILES string of the molecule is NC(=O)C(NC1CCC(c2c[nH]c3ccccc23)CC1)C1CC[N+](=C(O)/C=C/c2ccc3c(c2)CCO3)CC1. The Morgan fingerprint density at radius 1 is 1.10 bits per heavy atom. The molecule has 5 N–H and O–H groups in total. The van der Waals surface area contributed by atoms with Crippen molar-refractivity contribution in [3.05, 3.63) is 71.4 Å². The van der Waals surface area contributed by atoms with Gasteiger partial charge in [0.15, 0.2) is 0 Å². The van der Waals surface area contributed by atoms with Crippen LogP contribution >= 0.6 is 0 Å². The number of fused-ring (bicyclic) bond motifs is 2. The maximum absolute atomic E-state index is 12.5. The lowest BCUT2D eigenvalue weighted by molar-refractivity contribution is -0.547. The lowest BCUT2D eigenvalue weighted by Crippen LogP contribution is -2.53. The molecule has 3 heterocycles. The zero-order chi connectivity index (χ0) is 26.8. The molecule has 2 fully saturated rings. The van der Waals surface area contributed by atoms with Gasteiger partial charge in [-0.15, -0.1) is 0 Å². The molecular formula is C32H39N4O3+. The second-order valence-electron chi connectivity index (χ2n) is 11.4. The number of benzene rings is 2. The van der Waals surface area contributed by atoms with Gasteiger partial charge in [0.2, 0.25) is 5.91 Å². The second-order valence-corrected chi connectivity index (χ2v) is 11.4. The fourth-order valence-corrected chi connectivity index (χ4v) is 6.76. The van der Waals surface area contributed by atoms with E-state index in [1.54, 1.807) is 6.08 Å². The molecule has 3 aliphatic rings. The molecule has 0 spiro atoms. The quantitative estimate of drug-likeness (QED) is 0.265. The lowest BCUT2D eigenvalue weighted by Gasteiger charge is -2.34. The Bertz CT molecular complexity index is 1390. The number of nitrogens with one attached hydrogen (secondary N) is 2. The largest absolute Gasteiger partial charge is 0.493 e. The van der Waals surface area contributed by atoms with Crippen LogP contribution in [-0.2, 0) is 11.2 Å². The number of aliphatic hydroxyl groups excluding tert-OH is 1. The normalized spacial score (nSPS) is 24.0. The van der Waals surface area contributed by atoms with E-state index in [0.717, 1.165) is 62.9 Å². The number of carbonyl (C=O) groups excluding carboxylic acids is 1. The van der Waals surface area contributed by atoms with E-state index in [4.69, 9.17) is 10.5 Å².